The zero-order chi connectivity index (χ0) is 17.3. The maximum atomic E-state index is 12.1. The van der Waals surface area contributed by atoms with Gasteiger partial charge in [-0.3, -0.25) is 4.99 Å². The molecule has 0 fully saturated rings. The molecule has 0 heterocycles. The summed E-state index contributed by atoms with van der Waals surface area (Å²) in [6.45, 7) is 4.81. The van der Waals surface area contributed by atoms with Gasteiger partial charge in [0.05, 0.1) is 19.1 Å². The molecular weight excluding hydrogens is 307 g/mol. The van der Waals surface area contributed by atoms with E-state index in [9.17, 15) is 13.2 Å². The van der Waals surface area contributed by atoms with Crippen molar-refractivity contribution >= 4 is 5.96 Å². The van der Waals surface area contributed by atoms with Crippen molar-refractivity contribution in [3.05, 3.63) is 35.4 Å². The van der Waals surface area contributed by atoms with E-state index in [-0.39, 0.29) is 12.6 Å². The molecule has 130 valence electrons. The molecule has 2 N–H and O–H groups in total. The molecule has 0 aliphatic carbocycles. The fourth-order valence-electron chi connectivity index (χ4n) is 1.75. The number of hydrogen-bond donors (Lipinski definition) is 2. The average molecular weight is 331 g/mol. The van der Waals surface area contributed by atoms with Gasteiger partial charge in [-0.05, 0) is 25.0 Å². The first kappa shape index (κ1) is 19.3. The average Bonchev–Trinajstić information content (AvgIpc) is 2.48. The van der Waals surface area contributed by atoms with E-state index in [2.05, 4.69) is 15.6 Å². The van der Waals surface area contributed by atoms with Crippen LogP contribution in [0.25, 0.3) is 0 Å². The molecule has 0 aliphatic rings. The van der Waals surface area contributed by atoms with Crippen LogP contribution in [0.1, 0.15) is 31.4 Å². The largest absolute Gasteiger partial charge is 0.390 e. The van der Waals surface area contributed by atoms with Crippen molar-refractivity contribution in [3.8, 4) is 0 Å². The molecule has 0 amide bonds. The van der Waals surface area contributed by atoms with Crippen LogP contribution in [0.15, 0.2) is 29.3 Å². The molecule has 23 heavy (non-hydrogen) atoms. The van der Waals surface area contributed by atoms with Crippen LogP contribution in [0.3, 0.4) is 0 Å². The maximum absolute atomic E-state index is 12.1. The monoisotopic (exact) mass is 331 g/mol. The second-order valence-corrected chi connectivity index (χ2v) is 5.39. The van der Waals surface area contributed by atoms with Crippen LogP contribution in [0.4, 0.5) is 13.2 Å². The summed E-state index contributed by atoms with van der Waals surface area (Å²) in [6.07, 6.45) is -4.87. The Morgan fingerprint density at radius 2 is 1.74 bits per heavy atom. The molecule has 0 radical (unpaired) electrons. The zero-order valence-electron chi connectivity index (χ0n) is 13.7. The third-order valence-corrected chi connectivity index (χ3v) is 2.99. The van der Waals surface area contributed by atoms with Gasteiger partial charge in [-0.25, -0.2) is 0 Å². The first-order chi connectivity index (χ1) is 10.8. The third-order valence-electron chi connectivity index (χ3n) is 2.99. The minimum Gasteiger partial charge on any atom is -0.374 e. The molecule has 0 saturated carbocycles. The predicted octanol–water partition coefficient (Wildman–Crippen LogP) is 3.23. The van der Waals surface area contributed by atoms with E-state index in [1.807, 2.05) is 38.1 Å². The van der Waals surface area contributed by atoms with Crippen LogP contribution in [0, 0.1) is 0 Å². The van der Waals surface area contributed by atoms with Gasteiger partial charge in [-0.1, -0.05) is 24.3 Å². The summed E-state index contributed by atoms with van der Waals surface area (Å²) in [6, 6.07) is 7.85. The molecule has 7 heteroatoms. The minimum absolute atomic E-state index is 0.183. The minimum atomic E-state index is -4.17. The Balaban J connectivity index is 2.37. The van der Waals surface area contributed by atoms with Gasteiger partial charge in [-0.15, -0.1) is 0 Å². The molecular formula is C16H24F3N3O. The molecule has 0 atom stereocenters. The number of nitrogens with one attached hydrogen (secondary N) is 2. The third kappa shape index (κ3) is 9.07. The summed E-state index contributed by atoms with van der Waals surface area (Å²) in [7, 11) is 1.52. The van der Waals surface area contributed by atoms with Gasteiger partial charge >= 0.3 is 6.18 Å². The summed E-state index contributed by atoms with van der Waals surface area (Å²) >= 11 is 0. The molecule has 0 spiro atoms. The molecule has 4 nitrogen and oxygen atoms in total. The topological polar surface area (TPSA) is 45.7 Å². The Hall–Kier alpha value is -1.76. The van der Waals surface area contributed by atoms with E-state index in [0.717, 1.165) is 11.1 Å². The molecule has 1 aromatic carbocycles. The summed E-state index contributed by atoms with van der Waals surface area (Å²) < 4.78 is 41.8. The summed E-state index contributed by atoms with van der Waals surface area (Å²) in [5.41, 5.74) is 2.09. The summed E-state index contributed by atoms with van der Waals surface area (Å²) in [5, 5.41) is 5.62. The fraction of sp³-hybridized carbons (Fsp3) is 0.562. The first-order valence-corrected chi connectivity index (χ1v) is 7.51. The number of ether oxygens (including phenoxy) is 1. The lowest BCUT2D eigenvalue weighted by Crippen LogP contribution is -2.38. The SMILES string of the molecule is CN=C(NCCC(F)(F)F)NCc1ccc(COC(C)C)cc1. The van der Waals surface area contributed by atoms with Gasteiger partial charge in [0, 0.05) is 20.1 Å². The molecule has 0 aliphatic heterocycles. The number of rotatable bonds is 7. The lowest BCUT2D eigenvalue weighted by atomic mass is 10.1. The van der Waals surface area contributed by atoms with E-state index < -0.39 is 12.6 Å². The van der Waals surface area contributed by atoms with Gasteiger partial charge in [-0.2, -0.15) is 13.2 Å². The van der Waals surface area contributed by atoms with Crippen LogP contribution in [-0.2, 0) is 17.9 Å². The maximum Gasteiger partial charge on any atom is 0.390 e. The van der Waals surface area contributed by atoms with Crippen LogP contribution in [0.5, 0.6) is 0 Å². The van der Waals surface area contributed by atoms with Crippen LogP contribution < -0.4 is 10.6 Å². The van der Waals surface area contributed by atoms with Gasteiger partial charge < -0.3 is 15.4 Å². The Kier molecular flexibility index (Phi) is 7.88. The van der Waals surface area contributed by atoms with Crippen molar-refractivity contribution in [3.63, 3.8) is 0 Å². The van der Waals surface area contributed by atoms with Crippen LogP contribution in [-0.4, -0.2) is 31.8 Å². The molecule has 0 saturated heterocycles. The van der Waals surface area contributed by atoms with E-state index >= 15 is 0 Å². The van der Waals surface area contributed by atoms with Crippen molar-refractivity contribution in [2.24, 2.45) is 4.99 Å². The van der Waals surface area contributed by atoms with Crippen LogP contribution in [0.2, 0.25) is 0 Å². The first-order valence-electron chi connectivity index (χ1n) is 7.51. The van der Waals surface area contributed by atoms with Crippen molar-refractivity contribution in [2.75, 3.05) is 13.6 Å². The second kappa shape index (κ2) is 9.39. The number of aliphatic imine (C=N–C) groups is 1. The molecule has 0 bridgehead atoms. The standard InChI is InChI=1S/C16H24F3N3O/c1-12(2)23-11-14-6-4-13(5-7-14)10-22-15(20-3)21-9-8-16(17,18)19/h4-7,12H,8-11H2,1-3H3,(H2,20,21,22). The molecule has 1 rings (SSSR count). The van der Waals surface area contributed by atoms with E-state index in [1.165, 1.54) is 7.05 Å². The van der Waals surface area contributed by atoms with Gasteiger partial charge in [0.15, 0.2) is 5.96 Å². The van der Waals surface area contributed by atoms with Crippen molar-refractivity contribution < 1.29 is 17.9 Å². The Morgan fingerprint density at radius 3 is 2.26 bits per heavy atom. The van der Waals surface area contributed by atoms with Gasteiger partial charge in [0.2, 0.25) is 0 Å². The highest BCUT2D eigenvalue weighted by Crippen LogP contribution is 2.18. The highest BCUT2D eigenvalue weighted by molar-refractivity contribution is 5.79. The Labute approximate surface area is 135 Å². The second-order valence-electron chi connectivity index (χ2n) is 5.39. The number of benzene rings is 1. The summed E-state index contributed by atoms with van der Waals surface area (Å²) in [5.74, 6) is 0.349. The van der Waals surface area contributed by atoms with Crippen molar-refractivity contribution in [1.82, 2.24) is 10.6 Å². The molecule has 0 unspecified atom stereocenters. The van der Waals surface area contributed by atoms with Crippen LogP contribution >= 0.6 is 0 Å². The lowest BCUT2D eigenvalue weighted by molar-refractivity contribution is -0.132. The predicted molar refractivity (Wildman–Crippen MR) is 85.2 cm³/mol. The normalized spacial score (nSPS) is 12.6. The number of hydrogen-bond acceptors (Lipinski definition) is 2. The van der Waals surface area contributed by atoms with Gasteiger partial charge in [0.1, 0.15) is 0 Å². The van der Waals surface area contributed by atoms with E-state index in [4.69, 9.17) is 4.74 Å². The Morgan fingerprint density at radius 1 is 1.13 bits per heavy atom. The van der Waals surface area contributed by atoms with Crippen molar-refractivity contribution in [2.45, 2.75) is 45.7 Å². The highest BCUT2D eigenvalue weighted by atomic mass is 19.4. The van der Waals surface area contributed by atoms with E-state index in [1.54, 1.807) is 0 Å². The highest BCUT2D eigenvalue weighted by Gasteiger charge is 2.26. The summed E-state index contributed by atoms with van der Waals surface area (Å²) in [4.78, 5) is 3.90. The fourth-order valence-corrected chi connectivity index (χ4v) is 1.75. The number of halogens is 3. The lowest BCUT2D eigenvalue weighted by Gasteiger charge is -2.13. The smallest absolute Gasteiger partial charge is 0.374 e. The molecule has 0 aromatic heterocycles. The molecule has 1 aromatic rings. The van der Waals surface area contributed by atoms with Crippen molar-refractivity contribution in [1.29, 1.82) is 0 Å². The number of nitrogens with zero attached hydrogens (tertiary/aromatic N) is 1. The number of alkyl halides is 3. The van der Waals surface area contributed by atoms with Gasteiger partial charge in [0.25, 0.3) is 0 Å². The Bertz CT molecular complexity index is 484. The van der Waals surface area contributed by atoms with E-state index in [0.29, 0.717) is 19.1 Å². The zero-order valence-corrected chi connectivity index (χ0v) is 13.7. The quantitative estimate of drug-likeness (QED) is 0.596. The number of guanidine groups is 1.